The van der Waals surface area contributed by atoms with Crippen LogP contribution in [0, 0.1) is 0 Å². The van der Waals surface area contributed by atoms with Crippen molar-refractivity contribution in [1.29, 1.82) is 0 Å². The molecule has 0 fully saturated rings. The number of ether oxygens (including phenoxy) is 1. The van der Waals surface area contributed by atoms with Crippen molar-refractivity contribution in [3.8, 4) is 0 Å². The van der Waals surface area contributed by atoms with E-state index in [0.29, 0.717) is 29.5 Å². The molecule has 5 nitrogen and oxygen atoms in total. The number of anilines is 1. The fourth-order valence-corrected chi connectivity index (χ4v) is 3.35. The van der Waals surface area contributed by atoms with Crippen molar-refractivity contribution in [1.82, 2.24) is 9.55 Å². The number of hydrogen-bond acceptors (Lipinski definition) is 4. The molecule has 1 heterocycles. The number of alkyl halides is 9. The van der Waals surface area contributed by atoms with Crippen LogP contribution in [0.2, 0.25) is 0 Å². The highest BCUT2D eigenvalue weighted by molar-refractivity contribution is 9.10. The third-order valence-electron chi connectivity index (χ3n) is 4.52. The van der Waals surface area contributed by atoms with Crippen LogP contribution in [0.15, 0.2) is 34.0 Å². The number of halogens is 10. The highest BCUT2D eigenvalue weighted by Crippen LogP contribution is 2.40. The molecule has 0 aliphatic rings. The molecule has 1 unspecified atom stereocenters. The summed E-state index contributed by atoms with van der Waals surface area (Å²) in [6, 6.07) is 0.734. The molecule has 0 aliphatic heterocycles. The lowest BCUT2D eigenvalue weighted by molar-refractivity contribution is -0.144. The summed E-state index contributed by atoms with van der Waals surface area (Å²) in [6.45, 7) is 4.77. The molecular weight excluding hydrogens is 565 g/mol. The maximum Gasteiger partial charge on any atom is 0.434 e. The zero-order valence-corrected chi connectivity index (χ0v) is 19.3. The van der Waals surface area contributed by atoms with Crippen LogP contribution < -0.4 is 10.9 Å². The lowest BCUT2D eigenvalue weighted by atomic mass is 10.0. The summed E-state index contributed by atoms with van der Waals surface area (Å²) in [5.41, 5.74) is -7.16. The minimum Gasteiger partial charge on any atom is -0.354 e. The van der Waals surface area contributed by atoms with Crippen molar-refractivity contribution in [3.05, 3.63) is 62.0 Å². The highest BCUT2D eigenvalue weighted by atomic mass is 79.9. The second-order valence-electron chi connectivity index (χ2n) is 7.00. The molecule has 0 amide bonds. The quantitative estimate of drug-likeness (QED) is 0.205. The summed E-state index contributed by atoms with van der Waals surface area (Å²) in [5.74, 6) is -0.893. The number of nitrogens with zero attached hydrogens (tertiary/aromatic N) is 2. The van der Waals surface area contributed by atoms with Gasteiger partial charge in [0, 0.05) is 18.4 Å². The first-order chi connectivity index (χ1) is 16.0. The molecule has 2 aromatic rings. The molecule has 15 heteroatoms. The Balaban J connectivity index is 2.73. The average Bonchev–Trinajstić information content (AvgIpc) is 2.73. The molecule has 35 heavy (non-hydrogen) atoms. The van der Waals surface area contributed by atoms with Gasteiger partial charge in [0.05, 0.1) is 11.1 Å². The summed E-state index contributed by atoms with van der Waals surface area (Å²) < 4.78 is 125. The van der Waals surface area contributed by atoms with Crippen LogP contribution in [0.5, 0.6) is 0 Å². The van der Waals surface area contributed by atoms with E-state index < -0.39 is 63.1 Å². The second kappa shape index (κ2) is 10.6. The predicted molar refractivity (Wildman–Crippen MR) is 111 cm³/mol. The Labute approximate surface area is 200 Å². The Bertz CT molecular complexity index is 1130. The number of benzene rings is 1. The highest BCUT2D eigenvalue weighted by Gasteiger charge is 2.41. The van der Waals surface area contributed by atoms with Gasteiger partial charge in [0.25, 0.3) is 5.56 Å². The third kappa shape index (κ3) is 6.78. The Kier molecular flexibility index (Phi) is 8.69. The summed E-state index contributed by atoms with van der Waals surface area (Å²) in [7, 11) is 0. The van der Waals surface area contributed by atoms with Gasteiger partial charge in [-0.2, -0.15) is 39.5 Å². The monoisotopic (exact) mass is 581 g/mol. The molecule has 0 saturated heterocycles. The first-order valence-corrected chi connectivity index (χ1v) is 10.5. The van der Waals surface area contributed by atoms with E-state index in [-0.39, 0.29) is 12.7 Å². The van der Waals surface area contributed by atoms with Crippen molar-refractivity contribution >= 4 is 28.1 Å². The fraction of sp³-hybridized carbons (Fsp3) is 0.400. The third-order valence-corrected chi connectivity index (χ3v) is 5.24. The number of unbranched alkanes of at least 4 members (excludes halogenated alkanes) is 1. The number of nitrogens with one attached hydrogen (secondary N) is 1. The zero-order valence-electron chi connectivity index (χ0n) is 17.7. The van der Waals surface area contributed by atoms with Gasteiger partial charge in [-0.3, -0.25) is 9.36 Å². The van der Waals surface area contributed by atoms with Gasteiger partial charge in [-0.25, -0.2) is 4.98 Å². The van der Waals surface area contributed by atoms with Gasteiger partial charge in [-0.05, 0) is 34.5 Å². The smallest absolute Gasteiger partial charge is 0.354 e. The fourth-order valence-electron chi connectivity index (χ4n) is 2.85. The van der Waals surface area contributed by atoms with Crippen molar-refractivity contribution in [3.63, 3.8) is 0 Å². The second-order valence-corrected chi connectivity index (χ2v) is 7.79. The van der Waals surface area contributed by atoms with Gasteiger partial charge in [0.15, 0.2) is 11.9 Å². The van der Waals surface area contributed by atoms with Crippen LogP contribution in [-0.4, -0.2) is 16.2 Å². The molecule has 1 aromatic carbocycles. The van der Waals surface area contributed by atoms with Crippen LogP contribution in [0.3, 0.4) is 0 Å². The molecule has 0 radical (unpaired) electrons. The van der Waals surface area contributed by atoms with E-state index in [4.69, 9.17) is 4.74 Å². The van der Waals surface area contributed by atoms with Gasteiger partial charge in [0.1, 0.15) is 4.47 Å². The molecule has 0 bridgehead atoms. The number of rotatable bonds is 8. The van der Waals surface area contributed by atoms with E-state index in [2.05, 4.69) is 32.8 Å². The Hall–Kier alpha value is -2.55. The van der Waals surface area contributed by atoms with Gasteiger partial charge in [-0.15, -0.1) is 0 Å². The Morgan fingerprint density at radius 3 is 2.23 bits per heavy atom. The van der Waals surface area contributed by atoms with Crippen LogP contribution in [0.1, 0.15) is 48.4 Å². The SMILES string of the molecule is C=Cn1c(NC(OCCCC)c2ccc(C(F)(F)F)cc2C(F)(F)F)nc(C(F)(F)F)c(Br)c1=O. The van der Waals surface area contributed by atoms with E-state index in [9.17, 15) is 44.3 Å². The number of aromatic nitrogens is 2. The van der Waals surface area contributed by atoms with Crippen LogP contribution in [0.25, 0.3) is 6.20 Å². The molecule has 0 saturated carbocycles. The minimum atomic E-state index is -5.28. The molecule has 1 aromatic heterocycles. The first kappa shape index (κ1) is 28.7. The number of hydrogen-bond donors (Lipinski definition) is 1. The molecule has 0 aliphatic carbocycles. The van der Waals surface area contributed by atoms with Gasteiger partial charge < -0.3 is 10.1 Å². The minimum absolute atomic E-state index is 0.135. The van der Waals surface area contributed by atoms with Crippen molar-refractivity contribution in [2.45, 2.75) is 44.5 Å². The standard InChI is InChI=1S/C20H17BrF9N3O2/c1-3-5-8-35-15(11-7-6-10(18(22,23)24)9-12(11)19(25,26)27)32-17-31-14(20(28,29)30)13(21)16(34)33(17)4-2/h4,6-7,9,15H,2-3,5,8H2,1H3,(H,31,32). The largest absolute Gasteiger partial charge is 0.434 e. The zero-order chi connectivity index (χ0) is 26.8. The van der Waals surface area contributed by atoms with E-state index in [1.807, 2.05) is 0 Å². The molecule has 1 N–H and O–H groups in total. The summed E-state index contributed by atoms with van der Waals surface area (Å²) in [5, 5.41) is 2.18. The molecule has 194 valence electrons. The maximum atomic E-state index is 13.7. The molecular formula is C20H17BrF9N3O2. The van der Waals surface area contributed by atoms with E-state index in [1.165, 1.54) is 0 Å². The van der Waals surface area contributed by atoms with E-state index in [1.54, 1.807) is 6.92 Å². The molecule has 0 spiro atoms. The lowest BCUT2D eigenvalue weighted by Crippen LogP contribution is -2.29. The van der Waals surface area contributed by atoms with Gasteiger partial charge >= 0.3 is 18.5 Å². The van der Waals surface area contributed by atoms with E-state index in [0.717, 1.165) is 6.20 Å². The lowest BCUT2D eigenvalue weighted by Gasteiger charge is -2.25. The van der Waals surface area contributed by atoms with Crippen molar-refractivity contribution in [2.75, 3.05) is 11.9 Å². The van der Waals surface area contributed by atoms with Crippen LogP contribution in [0.4, 0.5) is 45.5 Å². The maximum absolute atomic E-state index is 13.7. The average molecular weight is 582 g/mol. The van der Waals surface area contributed by atoms with Crippen LogP contribution in [-0.2, 0) is 23.3 Å². The van der Waals surface area contributed by atoms with Crippen molar-refractivity contribution < 1.29 is 44.3 Å². The normalized spacial score (nSPS) is 13.6. The summed E-state index contributed by atoms with van der Waals surface area (Å²) in [4.78, 5) is 15.7. The molecule has 2 rings (SSSR count). The Morgan fingerprint density at radius 1 is 1.11 bits per heavy atom. The Morgan fingerprint density at radius 2 is 1.74 bits per heavy atom. The predicted octanol–water partition coefficient (Wildman–Crippen LogP) is 7.09. The molecule has 1 atom stereocenters. The van der Waals surface area contributed by atoms with Crippen molar-refractivity contribution in [2.24, 2.45) is 0 Å². The first-order valence-electron chi connectivity index (χ1n) is 9.70. The van der Waals surface area contributed by atoms with E-state index >= 15 is 0 Å². The van der Waals surface area contributed by atoms with Gasteiger partial charge in [-0.1, -0.05) is 26.0 Å². The summed E-state index contributed by atoms with van der Waals surface area (Å²) in [6.07, 6.45) is -15.9. The summed E-state index contributed by atoms with van der Waals surface area (Å²) >= 11 is 2.49. The van der Waals surface area contributed by atoms with Gasteiger partial charge in [0.2, 0.25) is 5.95 Å². The topological polar surface area (TPSA) is 56.1 Å². The van der Waals surface area contributed by atoms with Crippen LogP contribution >= 0.6 is 15.9 Å².